The number of nitrogens with two attached hydrogens (primary N) is 1. The standard InChI is InChI=1S/C17H20F3N3O3/c1-24-13-9-11(3-5-12(13)25-10-17(18,19)20)4-6-14-22-15(23-26-14)16(21)7-2-8-16/h3,5,9H,2,4,6-8,10,21H2,1H3. The Bertz CT molecular complexity index is 757. The van der Waals surface area contributed by atoms with Crippen LogP contribution in [0.5, 0.6) is 11.5 Å². The van der Waals surface area contributed by atoms with E-state index in [9.17, 15) is 13.2 Å². The smallest absolute Gasteiger partial charge is 0.422 e. The first-order valence-corrected chi connectivity index (χ1v) is 8.27. The summed E-state index contributed by atoms with van der Waals surface area (Å²) < 4.78 is 52.0. The van der Waals surface area contributed by atoms with Gasteiger partial charge in [-0.15, -0.1) is 0 Å². The third-order valence-electron chi connectivity index (χ3n) is 4.41. The number of methoxy groups -OCH3 is 1. The molecule has 1 aliphatic carbocycles. The van der Waals surface area contributed by atoms with Crippen LogP contribution in [0.4, 0.5) is 13.2 Å². The number of benzene rings is 1. The molecule has 0 amide bonds. The van der Waals surface area contributed by atoms with Crippen LogP contribution in [0.2, 0.25) is 0 Å². The summed E-state index contributed by atoms with van der Waals surface area (Å²) in [5.74, 6) is 1.30. The van der Waals surface area contributed by atoms with Gasteiger partial charge in [0.15, 0.2) is 23.9 Å². The average molecular weight is 371 g/mol. The zero-order valence-corrected chi connectivity index (χ0v) is 14.3. The van der Waals surface area contributed by atoms with Crippen molar-refractivity contribution in [1.82, 2.24) is 10.1 Å². The second-order valence-corrected chi connectivity index (χ2v) is 6.41. The van der Waals surface area contributed by atoms with Gasteiger partial charge in [0, 0.05) is 6.42 Å². The summed E-state index contributed by atoms with van der Waals surface area (Å²) in [6, 6.07) is 4.78. The van der Waals surface area contributed by atoms with Crippen molar-refractivity contribution in [3.63, 3.8) is 0 Å². The lowest BCUT2D eigenvalue weighted by Gasteiger charge is -2.34. The molecule has 26 heavy (non-hydrogen) atoms. The molecule has 2 aromatic rings. The number of aryl methyl sites for hydroxylation is 2. The number of aromatic nitrogens is 2. The Kier molecular flexibility index (Phi) is 5.08. The van der Waals surface area contributed by atoms with Gasteiger partial charge < -0.3 is 19.7 Å². The number of rotatable bonds is 7. The normalized spacial score (nSPS) is 16.2. The highest BCUT2D eigenvalue weighted by molar-refractivity contribution is 5.43. The molecule has 1 aromatic heterocycles. The Labute approximate surface area is 148 Å². The third-order valence-corrected chi connectivity index (χ3v) is 4.41. The number of halogens is 3. The predicted molar refractivity (Wildman–Crippen MR) is 86.0 cm³/mol. The molecule has 0 bridgehead atoms. The van der Waals surface area contributed by atoms with Crippen LogP contribution in [-0.4, -0.2) is 30.0 Å². The maximum absolute atomic E-state index is 12.3. The fourth-order valence-electron chi connectivity index (χ4n) is 2.74. The molecule has 0 radical (unpaired) electrons. The Morgan fingerprint density at radius 2 is 2.00 bits per heavy atom. The summed E-state index contributed by atoms with van der Waals surface area (Å²) in [7, 11) is 1.38. The van der Waals surface area contributed by atoms with E-state index < -0.39 is 18.3 Å². The van der Waals surface area contributed by atoms with Crippen LogP contribution in [0.3, 0.4) is 0 Å². The Balaban J connectivity index is 1.61. The molecule has 6 nitrogen and oxygen atoms in total. The highest BCUT2D eigenvalue weighted by Crippen LogP contribution is 2.37. The second-order valence-electron chi connectivity index (χ2n) is 6.41. The minimum Gasteiger partial charge on any atom is -0.493 e. The lowest BCUT2D eigenvalue weighted by atomic mass is 9.77. The van der Waals surface area contributed by atoms with Crippen LogP contribution in [0.25, 0.3) is 0 Å². The molecule has 1 heterocycles. The Hall–Kier alpha value is -2.29. The molecule has 142 valence electrons. The fourth-order valence-corrected chi connectivity index (χ4v) is 2.74. The van der Waals surface area contributed by atoms with E-state index >= 15 is 0 Å². The molecule has 3 rings (SSSR count). The van der Waals surface area contributed by atoms with Gasteiger partial charge in [-0.3, -0.25) is 0 Å². The predicted octanol–water partition coefficient (Wildman–Crippen LogP) is 3.14. The highest BCUT2D eigenvalue weighted by Gasteiger charge is 2.38. The molecule has 0 saturated heterocycles. The number of hydrogen-bond acceptors (Lipinski definition) is 6. The second kappa shape index (κ2) is 7.14. The maximum atomic E-state index is 12.3. The topological polar surface area (TPSA) is 83.4 Å². The van der Waals surface area contributed by atoms with Crippen LogP contribution < -0.4 is 15.2 Å². The van der Waals surface area contributed by atoms with Crippen LogP contribution in [0, 0.1) is 0 Å². The summed E-state index contributed by atoms with van der Waals surface area (Å²) >= 11 is 0. The van der Waals surface area contributed by atoms with Crippen molar-refractivity contribution in [3.8, 4) is 11.5 Å². The van der Waals surface area contributed by atoms with E-state index in [4.69, 9.17) is 19.7 Å². The number of hydrogen-bond donors (Lipinski definition) is 1. The lowest BCUT2D eigenvalue weighted by molar-refractivity contribution is -0.153. The molecule has 0 atom stereocenters. The third kappa shape index (κ3) is 4.27. The summed E-state index contributed by atoms with van der Waals surface area (Å²) in [5.41, 5.74) is 6.55. The molecule has 1 fully saturated rings. The fraction of sp³-hybridized carbons (Fsp3) is 0.529. The zero-order valence-electron chi connectivity index (χ0n) is 14.3. The van der Waals surface area contributed by atoms with E-state index in [1.165, 1.54) is 13.2 Å². The Morgan fingerprint density at radius 1 is 1.23 bits per heavy atom. The zero-order chi connectivity index (χ0) is 18.8. The van der Waals surface area contributed by atoms with Gasteiger partial charge >= 0.3 is 6.18 Å². The van der Waals surface area contributed by atoms with Gasteiger partial charge in [0.1, 0.15) is 0 Å². The molecule has 1 aliphatic rings. The molecule has 0 unspecified atom stereocenters. The summed E-state index contributed by atoms with van der Waals surface area (Å²) in [5, 5.41) is 3.96. The van der Waals surface area contributed by atoms with E-state index in [0.29, 0.717) is 24.6 Å². The molecule has 0 spiro atoms. The van der Waals surface area contributed by atoms with Crippen molar-refractivity contribution in [2.45, 2.75) is 43.8 Å². The van der Waals surface area contributed by atoms with Gasteiger partial charge in [-0.05, 0) is 43.4 Å². The highest BCUT2D eigenvalue weighted by atomic mass is 19.4. The maximum Gasteiger partial charge on any atom is 0.422 e. The van der Waals surface area contributed by atoms with E-state index in [1.54, 1.807) is 12.1 Å². The van der Waals surface area contributed by atoms with E-state index in [2.05, 4.69) is 10.1 Å². The van der Waals surface area contributed by atoms with Gasteiger partial charge in [0.25, 0.3) is 0 Å². The molecular weight excluding hydrogens is 351 g/mol. The van der Waals surface area contributed by atoms with Crippen molar-refractivity contribution >= 4 is 0 Å². The van der Waals surface area contributed by atoms with Crippen LogP contribution in [0.1, 0.15) is 36.5 Å². The van der Waals surface area contributed by atoms with Crippen molar-refractivity contribution in [1.29, 1.82) is 0 Å². The van der Waals surface area contributed by atoms with Crippen LogP contribution in [0.15, 0.2) is 22.7 Å². The summed E-state index contributed by atoms with van der Waals surface area (Å²) in [4.78, 5) is 4.35. The van der Waals surface area contributed by atoms with Gasteiger partial charge in [-0.1, -0.05) is 11.2 Å². The van der Waals surface area contributed by atoms with Crippen molar-refractivity contribution < 1.29 is 27.2 Å². The quantitative estimate of drug-likeness (QED) is 0.805. The first kappa shape index (κ1) is 18.5. The van der Waals surface area contributed by atoms with Crippen LogP contribution >= 0.6 is 0 Å². The first-order valence-electron chi connectivity index (χ1n) is 8.27. The van der Waals surface area contributed by atoms with Gasteiger partial charge in [-0.2, -0.15) is 18.2 Å². The lowest BCUT2D eigenvalue weighted by Crippen LogP contribution is -2.44. The summed E-state index contributed by atoms with van der Waals surface area (Å²) in [6.07, 6.45) is -0.585. The van der Waals surface area contributed by atoms with Gasteiger partial charge in [-0.25, -0.2) is 0 Å². The Morgan fingerprint density at radius 3 is 2.62 bits per heavy atom. The van der Waals surface area contributed by atoms with E-state index in [0.717, 1.165) is 24.8 Å². The van der Waals surface area contributed by atoms with Crippen molar-refractivity contribution in [2.75, 3.05) is 13.7 Å². The summed E-state index contributed by atoms with van der Waals surface area (Å²) in [6.45, 7) is -1.37. The van der Waals surface area contributed by atoms with Crippen LogP contribution in [-0.2, 0) is 18.4 Å². The molecule has 9 heteroatoms. The molecule has 1 saturated carbocycles. The van der Waals surface area contributed by atoms with E-state index in [1.807, 2.05) is 0 Å². The molecule has 0 aliphatic heterocycles. The van der Waals surface area contributed by atoms with Crippen molar-refractivity contribution in [3.05, 3.63) is 35.5 Å². The van der Waals surface area contributed by atoms with E-state index in [-0.39, 0.29) is 11.5 Å². The average Bonchev–Trinajstić information content (AvgIpc) is 3.05. The number of alkyl halides is 3. The number of ether oxygens (including phenoxy) is 2. The number of nitrogens with zero attached hydrogens (tertiary/aromatic N) is 2. The minimum atomic E-state index is -4.40. The SMILES string of the molecule is COc1cc(CCc2nc(C3(N)CCC3)no2)ccc1OCC(F)(F)F. The molecule has 1 aromatic carbocycles. The largest absolute Gasteiger partial charge is 0.493 e. The van der Waals surface area contributed by atoms with Gasteiger partial charge in [0.2, 0.25) is 5.89 Å². The first-order chi connectivity index (χ1) is 12.3. The monoisotopic (exact) mass is 371 g/mol. The van der Waals surface area contributed by atoms with Gasteiger partial charge in [0.05, 0.1) is 12.6 Å². The molecule has 2 N–H and O–H groups in total. The molecular formula is C17H20F3N3O3. The minimum absolute atomic E-state index is 0.0451. The van der Waals surface area contributed by atoms with Crippen molar-refractivity contribution in [2.24, 2.45) is 5.73 Å².